The summed E-state index contributed by atoms with van der Waals surface area (Å²) >= 11 is 1.81. The Bertz CT molecular complexity index is 581. The van der Waals surface area contributed by atoms with Crippen LogP contribution in [0.3, 0.4) is 0 Å². The van der Waals surface area contributed by atoms with E-state index in [2.05, 4.69) is 27.2 Å². The van der Waals surface area contributed by atoms with Gasteiger partial charge in [0.2, 0.25) is 0 Å². The van der Waals surface area contributed by atoms with E-state index in [0.29, 0.717) is 5.92 Å². The first-order chi connectivity index (χ1) is 9.76. The molecule has 1 unspecified atom stereocenters. The van der Waals surface area contributed by atoms with Crippen LogP contribution in [0.2, 0.25) is 0 Å². The fourth-order valence-electron chi connectivity index (χ4n) is 2.66. The van der Waals surface area contributed by atoms with Crippen molar-refractivity contribution in [3.63, 3.8) is 0 Å². The molecule has 0 aromatic carbocycles. The van der Waals surface area contributed by atoms with Gasteiger partial charge in [-0.1, -0.05) is 6.92 Å². The maximum absolute atomic E-state index is 4.75. The van der Waals surface area contributed by atoms with Crippen molar-refractivity contribution in [1.82, 2.24) is 15.0 Å². The molecular formula is C15H20N4S. The third-order valence-electron chi connectivity index (χ3n) is 3.77. The smallest absolute Gasteiger partial charge is 0.147 e. The number of rotatable bonds is 3. The number of aryl methyl sites for hydroxylation is 2. The average Bonchev–Trinajstić information content (AvgIpc) is 2.96. The molecule has 1 aliphatic heterocycles. The zero-order valence-corrected chi connectivity index (χ0v) is 12.9. The van der Waals surface area contributed by atoms with Gasteiger partial charge in [-0.15, -0.1) is 11.3 Å². The Balaban J connectivity index is 1.76. The summed E-state index contributed by atoms with van der Waals surface area (Å²) in [6.07, 6.45) is 7.12. The van der Waals surface area contributed by atoms with E-state index in [0.717, 1.165) is 31.0 Å². The van der Waals surface area contributed by atoms with Crippen molar-refractivity contribution in [2.24, 2.45) is 0 Å². The minimum absolute atomic E-state index is 0.538. The average molecular weight is 288 g/mol. The number of piperidine rings is 1. The molecule has 0 N–H and O–H groups in total. The summed E-state index contributed by atoms with van der Waals surface area (Å²) < 4.78 is 0. The van der Waals surface area contributed by atoms with Crippen LogP contribution < -0.4 is 4.90 Å². The summed E-state index contributed by atoms with van der Waals surface area (Å²) in [6.45, 7) is 6.23. The molecule has 20 heavy (non-hydrogen) atoms. The molecule has 1 aliphatic rings. The van der Waals surface area contributed by atoms with E-state index >= 15 is 0 Å². The van der Waals surface area contributed by atoms with Gasteiger partial charge in [-0.2, -0.15) is 0 Å². The summed E-state index contributed by atoms with van der Waals surface area (Å²) in [5, 5.41) is 3.48. The maximum atomic E-state index is 4.75. The molecule has 0 saturated carbocycles. The van der Waals surface area contributed by atoms with Gasteiger partial charge in [-0.05, 0) is 26.2 Å². The van der Waals surface area contributed by atoms with E-state index < -0.39 is 0 Å². The standard InChI is InChI=1S/C15H20N4S/c1-3-13-10-20-15(18-13)12-5-4-6-19(9-12)14-8-16-7-11(2)17-14/h7-8,10,12H,3-6,9H2,1-2H3. The lowest BCUT2D eigenvalue weighted by atomic mass is 9.99. The topological polar surface area (TPSA) is 41.9 Å². The van der Waals surface area contributed by atoms with Gasteiger partial charge < -0.3 is 4.90 Å². The highest BCUT2D eigenvalue weighted by Gasteiger charge is 2.24. The Morgan fingerprint density at radius 2 is 2.25 bits per heavy atom. The SMILES string of the molecule is CCc1csc(C2CCCN(c3cncc(C)n3)C2)n1. The zero-order chi connectivity index (χ0) is 13.9. The lowest BCUT2D eigenvalue weighted by Gasteiger charge is -2.32. The molecule has 0 amide bonds. The van der Waals surface area contributed by atoms with Crippen LogP contribution in [0, 0.1) is 6.92 Å². The molecule has 1 saturated heterocycles. The second-order valence-electron chi connectivity index (χ2n) is 5.33. The fraction of sp³-hybridized carbons (Fsp3) is 0.533. The molecule has 106 valence electrons. The third-order valence-corrected chi connectivity index (χ3v) is 4.82. The Labute approximate surface area is 123 Å². The summed E-state index contributed by atoms with van der Waals surface area (Å²) in [7, 11) is 0. The van der Waals surface area contributed by atoms with Gasteiger partial charge in [-0.3, -0.25) is 4.98 Å². The summed E-state index contributed by atoms with van der Waals surface area (Å²) in [4.78, 5) is 16.0. The van der Waals surface area contributed by atoms with Gasteiger partial charge in [-0.25, -0.2) is 9.97 Å². The Morgan fingerprint density at radius 3 is 3.00 bits per heavy atom. The summed E-state index contributed by atoms with van der Waals surface area (Å²) in [5.74, 6) is 1.54. The molecule has 2 aromatic heterocycles. The molecule has 0 radical (unpaired) electrons. The van der Waals surface area contributed by atoms with E-state index in [1.165, 1.54) is 23.5 Å². The Hall–Kier alpha value is -1.49. The van der Waals surface area contributed by atoms with Gasteiger partial charge in [0.1, 0.15) is 5.82 Å². The van der Waals surface area contributed by atoms with Gasteiger partial charge >= 0.3 is 0 Å². The monoisotopic (exact) mass is 288 g/mol. The highest BCUT2D eigenvalue weighted by Crippen LogP contribution is 2.31. The lowest BCUT2D eigenvalue weighted by molar-refractivity contribution is 0.504. The van der Waals surface area contributed by atoms with Crippen molar-refractivity contribution in [2.45, 2.75) is 39.0 Å². The van der Waals surface area contributed by atoms with Crippen LogP contribution in [0.5, 0.6) is 0 Å². The molecule has 2 aromatic rings. The highest BCUT2D eigenvalue weighted by atomic mass is 32.1. The molecule has 1 atom stereocenters. The minimum Gasteiger partial charge on any atom is -0.355 e. The highest BCUT2D eigenvalue weighted by molar-refractivity contribution is 7.09. The van der Waals surface area contributed by atoms with Gasteiger partial charge in [0.15, 0.2) is 0 Å². The molecule has 3 heterocycles. The van der Waals surface area contributed by atoms with Gasteiger partial charge in [0.25, 0.3) is 0 Å². The normalized spacial score (nSPS) is 19.3. The molecule has 1 fully saturated rings. The first kappa shape index (κ1) is 13.5. The van der Waals surface area contributed by atoms with Crippen LogP contribution in [0.4, 0.5) is 5.82 Å². The van der Waals surface area contributed by atoms with Gasteiger partial charge in [0, 0.05) is 30.6 Å². The summed E-state index contributed by atoms with van der Waals surface area (Å²) in [5.41, 5.74) is 2.20. The molecule has 0 bridgehead atoms. The van der Waals surface area contributed by atoms with Crippen molar-refractivity contribution in [3.8, 4) is 0 Å². The quantitative estimate of drug-likeness (QED) is 0.870. The van der Waals surface area contributed by atoms with Crippen LogP contribution in [0.1, 0.15) is 42.1 Å². The third kappa shape index (κ3) is 2.82. The first-order valence-corrected chi connectivity index (χ1v) is 8.12. The number of hydrogen-bond donors (Lipinski definition) is 0. The minimum atomic E-state index is 0.538. The first-order valence-electron chi connectivity index (χ1n) is 7.24. The number of nitrogens with zero attached hydrogens (tertiary/aromatic N) is 4. The van der Waals surface area contributed by atoms with Crippen molar-refractivity contribution >= 4 is 17.2 Å². The van der Waals surface area contributed by atoms with Crippen molar-refractivity contribution in [1.29, 1.82) is 0 Å². The van der Waals surface area contributed by atoms with E-state index in [1.54, 1.807) is 6.20 Å². The van der Waals surface area contributed by atoms with Crippen LogP contribution in [0.15, 0.2) is 17.8 Å². The van der Waals surface area contributed by atoms with Crippen LogP contribution >= 0.6 is 11.3 Å². The Morgan fingerprint density at radius 1 is 1.35 bits per heavy atom. The summed E-state index contributed by atoms with van der Waals surface area (Å²) in [6, 6.07) is 0. The van der Waals surface area contributed by atoms with Crippen molar-refractivity contribution < 1.29 is 0 Å². The molecule has 3 rings (SSSR count). The molecule has 5 heteroatoms. The number of anilines is 1. The van der Waals surface area contributed by atoms with E-state index in [9.17, 15) is 0 Å². The second kappa shape index (κ2) is 5.87. The van der Waals surface area contributed by atoms with Crippen LogP contribution in [-0.2, 0) is 6.42 Å². The molecule has 4 nitrogen and oxygen atoms in total. The number of aromatic nitrogens is 3. The van der Waals surface area contributed by atoms with Gasteiger partial charge in [0.05, 0.1) is 22.6 Å². The predicted molar refractivity (Wildman–Crippen MR) is 82.4 cm³/mol. The van der Waals surface area contributed by atoms with Crippen molar-refractivity contribution in [3.05, 3.63) is 34.2 Å². The number of hydrogen-bond acceptors (Lipinski definition) is 5. The predicted octanol–water partition coefficient (Wildman–Crippen LogP) is 3.19. The maximum Gasteiger partial charge on any atom is 0.147 e. The fourth-order valence-corrected chi connectivity index (χ4v) is 3.69. The van der Waals surface area contributed by atoms with Crippen molar-refractivity contribution in [2.75, 3.05) is 18.0 Å². The van der Waals surface area contributed by atoms with Crippen LogP contribution in [-0.4, -0.2) is 28.0 Å². The molecule has 0 spiro atoms. The van der Waals surface area contributed by atoms with E-state index in [-0.39, 0.29) is 0 Å². The van der Waals surface area contributed by atoms with E-state index in [4.69, 9.17) is 4.98 Å². The molecular weight excluding hydrogens is 268 g/mol. The van der Waals surface area contributed by atoms with E-state index in [1.807, 2.05) is 24.5 Å². The number of thiazole rings is 1. The lowest BCUT2D eigenvalue weighted by Crippen LogP contribution is -2.35. The van der Waals surface area contributed by atoms with Crippen LogP contribution in [0.25, 0.3) is 0 Å². The largest absolute Gasteiger partial charge is 0.355 e. The Kier molecular flexibility index (Phi) is 3.96. The second-order valence-corrected chi connectivity index (χ2v) is 6.22. The zero-order valence-electron chi connectivity index (χ0n) is 12.0. The molecule has 0 aliphatic carbocycles.